The van der Waals surface area contributed by atoms with E-state index in [0.717, 1.165) is 6.20 Å². The second-order valence-corrected chi connectivity index (χ2v) is 8.27. The average Bonchev–Trinajstić information content (AvgIpc) is 3.25. The molecule has 4 heterocycles. The summed E-state index contributed by atoms with van der Waals surface area (Å²) in [6.45, 7) is -2.11. The van der Waals surface area contributed by atoms with Gasteiger partial charge in [-0.3, -0.25) is 9.59 Å². The maximum atomic E-state index is 14.9. The van der Waals surface area contributed by atoms with E-state index in [1.807, 2.05) is 0 Å². The zero-order valence-electron chi connectivity index (χ0n) is 18.3. The lowest BCUT2D eigenvalue weighted by atomic mass is 10.1. The molecule has 0 aliphatic carbocycles. The Morgan fingerprint density at radius 1 is 1.31 bits per heavy atom. The molecule has 0 saturated carbocycles. The van der Waals surface area contributed by atoms with Gasteiger partial charge in [-0.15, -0.1) is 0 Å². The summed E-state index contributed by atoms with van der Waals surface area (Å²) >= 11 is 6.03. The summed E-state index contributed by atoms with van der Waals surface area (Å²) in [5.41, 5.74) is 0.903. The number of aromatic amines is 1. The molecule has 0 aromatic carbocycles. The first-order valence-corrected chi connectivity index (χ1v) is 10.9. The highest BCUT2D eigenvalue weighted by molar-refractivity contribution is 6.31. The van der Waals surface area contributed by atoms with Gasteiger partial charge in [0.15, 0.2) is 17.5 Å². The number of nitriles is 1. The molecule has 0 bridgehead atoms. The molecular formula is C21H21ClF4N8O2. The smallest absolute Gasteiger partial charge is 0.345 e. The minimum absolute atomic E-state index is 0. The lowest BCUT2D eigenvalue weighted by Crippen LogP contribution is -2.61. The van der Waals surface area contributed by atoms with Crippen molar-refractivity contribution in [2.75, 3.05) is 31.1 Å². The minimum Gasteiger partial charge on any atom is -0.345 e. The molecule has 1 aliphatic heterocycles. The van der Waals surface area contributed by atoms with Crippen LogP contribution in [-0.2, 0) is 9.59 Å². The van der Waals surface area contributed by atoms with Gasteiger partial charge in [0.2, 0.25) is 11.8 Å². The summed E-state index contributed by atoms with van der Waals surface area (Å²) in [4.78, 5) is 42.6. The largest absolute Gasteiger partial charge is 0.405 e. The predicted molar refractivity (Wildman–Crippen MR) is 123 cm³/mol. The summed E-state index contributed by atoms with van der Waals surface area (Å²) in [5, 5.41) is 11.5. The van der Waals surface area contributed by atoms with Crippen molar-refractivity contribution < 1.29 is 30.0 Å². The summed E-state index contributed by atoms with van der Waals surface area (Å²) in [7, 11) is 0. The highest BCUT2D eigenvalue weighted by Crippen LogP contribution is 2.30. The van der Waals surface area contributed by atoms with Crippen molar-refractivity contribution in [3.63, 3.8) is 0 Å². The van der Waals surface area contributed by atoms with Crippen molar-refractivity contribution in [3.05, 3.63) is 35.5 Å². The highest BCUT2D eigenvalue weighted by atomic mass is 35.5. The fourth-order valence-corrected chi connectivity index (χ4v) is 3.98. The van der Waals surface area contributed by atoms with Crippen LogP contribution in [0.4, 0.5) is 23.4 Å². The van der Waals surface area contributed by atoms with Crippen LogP contribution in [0.3, 0.4) is 0 Å². The number of nitrogens with zero attached hydrogens (tertiary/aromatic N) is 6. The lowest BCUT2D eigenvalue weighted by Gasteiger charge is -2.41. The number of carbonyl (C=O) groups is 2. The number of H-pyrrole nitrogens is 1. The van der Waals surface area contributed by atoms with Gasteiger partial charge >= 0.3 is 6.18 Å². The van der Waals surface area contributed by atoms with Crippen molar-refractivity contribution in [2.45, 2.75) is 18.6 Å². The molecule has 2 amide bonds. The first-order valence-electron chi connectivity index (χ1n) is 10.5. The molecule has 1 saturated heterocycles. The number of piperazine rings is 1. The van der Waals surface area contributed by atoms with E-state index in [9.17, 15) is 27.2 Å². The van der Waals surface area contributed by atoms with Crippen LogP contribution in [0.2, 0.25) is 5.02 Å². The Hall–Kier alpha value is -3.99. The standard InChI is InChI=1S/C21H17ClF4N8O2.2H2/c22-11-5-12-13(7-29-17(12)28-6-11)18-30-8-14(23)19(32-18)34-4-3-33(16(35)1-2-27)9-15(34)20(36)31-10-21(24,25)26;;/h5-8,15H,1,3-4,9-10H2,(H,28,29)(H,31,36);2*1H/t15-;;/m1../s1. The van der Waals surface area contributed by atoms with Gasteiger partial charge < -0.3 is 20.1 Å². The predicted octanol–water partition coefficient (Wildman–Crippen LogP) is 2.91. The number of anilines is 1. The molecule has 0 spiro atoms. The number of hydrogen-bond acceptors (Lipinski definition) is 7. The summed E-state index contributed by atoms with van der Waals surface area (Å²) < 4.78 is 53.1. The number of alkyl halides is 3. The average molecular weight is 529 g/mol. The van der Waals surface area contributed by atoms with E-state index in [2.05, 4.69) is 19.9 Å². The molecule has 1 aliphatic rings. The maximum Gasteiger partial charge on any atom is 0.405 e. The van der Waals surface area contributed by atoms with Crippen LogP contribution in [0.1, 0.15) is 9.27 Å². The third-order valence-electron chi connectivity index (χ3n) is 5.47. The molecule has 2 N–H and O–H groups in total. The van der Waals surface area contributed by atoms with Crippen LogP contribution >= 0.6 is 11.6 Å². The Morgan fingerprint density at radius 3 is 2.81 bits per heavy atom. The Morgan fingerprint density at radius 2 is 2.08 bits per heavy atom. The van der Waals surface area contributed by atoms with Crippen molar-refractivity contribution in [1.82, 2.24) is 30.2 Å². The zero-order valence-corrected chi connectivity index (χ0v) is 19.1. The van der Waals surface area contributed by atoms with Crippen molar-refractivity contribution in [1.29, 1.82) is 5.26 Å². The van der Waals surface area contributed by atoms with Crippen molar-refractivity contribution in [3.8, 4) is 17.5 Å². The minimum atomic E-state index is -4.68. The van der Waals surface area contributed by atoms with Crippen LogP contribution < -0.4 is 10.2 Å². The van der Waals surface area contributed by atoms with Gasteiger partial charge in [-0.25, -0.2) is 19.3 Å². The van der Waals surface area contributed by atoms with Gasteiger partial charge in [0.05, 0.1) is 23.8 Å². The molecule has 15 heteroatoms. The number of aromatic nitrogens is 4. The van der Waals surface area contributed by atoms with Gasteiger partial charge in [0.25, 0.3) is 0 Å². The molecule has 0 radical (unpaired) electrons. The Kier molecular flexibility index (Phi) is 6.93. The Bertz CT molecular complexity index is 1370. The molecule has 36 heavy (non-hydrogen) atoms. The Labute approximate surface area is 208 Å². The third kappa shape index (κ3) is 5.30. The maximum absolute atomic E-state index is 14.9. The number of amides is 2. The van der Waals surface area contributed by atoms with Crippen LogP contribution in [-0.4, -0.2) is 75.0 Å². The van der Waals surface area contributed by atoms with Crippen LogP contribution in [0, 0.1) is 17.1 Å². The fraction of sp³-hybridized carbons (Fsp3) is 0.333. The van der Waals surface area contributed by atoms with Crippen molar-refractivity contribution in [2.24, 2.45) is 0 Å². The molecule has 3 aromatic heterocycles. The van der Waals surface area contributed by atoms with Crippen LogP contribution in [0.5, 0.6) is 0 Å². The number of hydrogen-bond donors (Lipinski definition) is 2. The molecule has 3 aromatic rings. The number of halogens is 5. The van der Waals surface area contributed by atoms with E-state index in [-0.39, 0.29) is 34.1 Å². The van der Waals surface area contributed by atoms with Gasteiger partial charge in [0.1, 0.15) is 24.7 Å². The van der Waals surface area contributed by atoms with Crippen molar-refractivity contribution >= 4 is 40.3 Å². The van der Waals surface area contributed by atoms with E-state index in [4.69, 9.17) is 16.9 Å². The SMILES string of the molecule is N#CCC(=O)N1CCN(c2nc(-c3c[nH]c4ncc(Cl)cc34)ncc2F)[C@@H](C(=O)NCC(F)(F)F)C1.[HH].[HH]. The highest BCUT2D eigenvalue weighted by Gasteiger charge is 2.38. The van der Waals surface area contributed by atoms with E-state index in [0.29, 0.717) is 21.6 Å². The number of nitrogens with one attached hydrogen (secondary N) is 2. The normalized spacial score (nSPS) is 16.2. The molecule has 1 atom stereocenters. The van der Waals surface area contributed by atoms with Crippen LogP contribution in [0.15, 0.2) is 24.7 Å². The van der Waals surface area contributed by atoms with Gasteiger partial charge in [-0.05, 0) is 6.07 Å². The summed E-state index contributed by atoms with van der Waals surface area (Å²) in [6.07, 6.45) is -1.30. The molecule has 1 fully saturated rings. The number of fused-ring (bicyclic) bond motifs is 1. The van der Waals surface area contributed by atoms with E-state index >= 15 is 0 Å². The van der Waals surface area contributed by atoms with Gasteiger partial charge in [-0.2, -0.15) is 18.4 Å². The summed E-state index contributed by atoms with van der Waals surface area (Å²) in [5.74, 6) is -2.87. The lowest BCUT2D eigenvalue weighted by molar-refractivity contribution is -0.141. The molecule has 0 unspecified atom stereocenters. The van der Waals surface area contributed by atoms with E-state index in [1.165, 1.54) is 22.2 Å². The zero-order chi connectivity index (χ0) is 26.0. The number of pyridine rings is 1. The molecular weight excluding hydrogens is 508 g/mol. The van der Waals surface area contributed by atoms with E-state index < -0.39 is 42.8 Å². The third-order valence-corrected chi connectivity index (χ3v) is 5.67. The van der Waals surface area contributed by atoms with Gasteiger partial charge in [0, 0.05) is 39.3 Å². The van der Waals surface area contributed by atoms with Crippen LogP contribution in [0.25, 0.3) is 22.4 Å². The van der Waals surface area contributed by atoms with Gasteiger partial charge in [-0.1, -0.05) is 11.6 Å². The monoisotopic (exact) mass is 528 g/mol. The molecule has 4 rings (SSSR count). The topological polar surface area (TPSA) is 131 Å². The number of rotatable bonds is 5. The molecule has 10 nitrogen and oxygen atoms in total. The Balaban J connectivity index is 0.00000253. The van der Waals surface area contributed by atoms with E-state index in [1.54, 1.807) is 17.5 Å². The second-order valence-electron chi connectivity index (χ2n) is 7.83. The fourth-order valence-electron chi connectivity index (χ4n) is 3.82. The quantitative estimate of drug-likeness (QED) is 0.487. The number of carbonyl (C=O) groups excluding carboxylic acids is 2. The molecule has 192 valence electrons. The summed E-state index contributed by atoms with van der Waals surface area (Å²) in [6, 6.07) is 1.90. The second kappa shape index (κ2) is 9.94. The first kappa shape index (κ1) is 25.1. The first-order chi connectivity index (χ1) is 17.1.